The van der Waals surface area contributed by atoms with Crippen molar-refractivity contribution in [1.29, 1.82) is 0 Å². The summed E-state index contributed by atoms with van der Waals surface area (Å²) in [7, 11) is 1.64. The Balaban J connectivity index is 3.19. The molecule has 2 N–H and O–H groups in total. The first-order valence-corrected chi connectivity index (χ1v) is 5.62. The molecule has 0 aliphatic heterocycles. The molecule has 0 bridgehead atoms. The van der Waals surface area contributed by atoms with Gasteiger partial charge >= 0.3 is 0 Å². The molecular formula is C11H16BrNO2. The summed E-state index contributed by atoms with van der Waals surface area (Å²) in [6.07, 6.45) is 0. The lowest BCUT2D eigenvalue weighted by atomic mass is 10.0. The van der Waals surface area contributed by atoms with Crippen LogP contribution in [0.2, 0.25) is 0 Å². The number of hydrogen-bond acceptors (Lipinski definition) is 3. The molecule has 0 spiro atoms. The highest BCUT2D eigenvalue weighted by Gasteiger charge is 2.10. The van der Waals surface area contributed by atoms with Crippen LogP contribution in [0.15, 0.2) is 16.6 Å². The van der Waals surface area contributed by atoms with Crippen molar-refractivity contribution in [3.63, 3.8) is 0 Å². The highest BCUT2D eigenvalue weighted by molar-refractivity contribution is 9.10. The lowest BCUT2D eigenvalue weighted by Crippen LogP contribution is -2.08. The fourth-order valence-corrected chi connectivity index (χ4v) is 1.91. The van der Waals surface area contributed by atoms with Crippen molar-refractivity contribution in [2.24, 2.45) is 0 Å². The second-order valence-electron chi connectivity index (χ2n) is 3.69. The van der Waals surface area contributed by atoms with Gasteiger partial charge < -0.3 is 9.94 Å². The van der Waals surface area contributed by atoms with E-state index in [1.54, 1.807) is 7.11 Å². The van der Waals surface area contributed by atoms with Crippen molar-refractivity contribution < 1.29 is 9.94 Å². The van der Waals surface area contributed by atoms with Crippen molar-refractivity contribution in [1.82, 2.24) is 5.48 Å². The minimum Gasteiger partial charge on any atom is -0.496 e. The van der Waals surface area contributed by atoms with Gasteiger partial charge in [0.15, 0.2) is 0 Å². The summed E-state index contributed by atoms with van der Waals surface area (Å²) in [5.41, 5.74) is 4.34. The Bertz CT molecular complexity index is 340. The van der Waals surface area contributed by atoms with E-state index in [9.17, 15) is 0 Å². The standard InChI is InChI=1S/C11H16BrNO2/c1-7(2)8-4-9(6-13-14)11(12)10(5-8)15-3/h4-5,7,13-14H,6H2,1-3H3. The van der Waals surface area contributed by atoms with Crippen LogP contribution in [0.5, 0.6) is 5.75 Å². The SMILES string of the molecule is COc1cc(C(C)C)cc(CNO)c1Br. The van der Waals surface area contributed by atoms with Crippen molar-refractivity contribution in [3.8, 4) is 5.75 Å². The Kier molecular flexibility index (Phi) is 4.57. The summed E-state index contributed by atoms with van der Waals surface area (Å²) in [5.74, 6) is 1.23. The molecule has 0 fully saturated rings. The third-order valence-electron chi connectivity index (χ3n) is 2.29. The average Bonchev–Trinajstić information content (AvgIpc) is 2.21. The fraction of sp³-hybridized carbons (Fsp3) is 0.455. The number of ether oxygens (including phenoxy) is 1. The maximum atomic E-state index is 8.73. The van der Waals surface area contributed by atoms with E-state index >= 15 is 0 Å². The molecule has 0 atom stereocenters. The molecule has 1 aromatic rings. The van der Waals surface area contributed by atoms with E-state index in [4.69, 9.17) is 9.94 Å². The normalized spacial score (nSPS) is 10.8. The van der Waals surface area contributed by atoms with Crippen LogP contribution in [-0.2, 0) is 6.54 Å². The van der Waals surface area contributed by atoms with Gasteiger partial charge in [-0.1, -0.05) is 19.9 Å². The van der Waals surface area contributed by atoms with Gasteiger partial charge in [0.25, 0.3) is 0 Å². The van der Waals surface area contributed by atoms with E-state index in [1.165, 1.54) is 5.56 Å². The summed E-state index contributed by atoms with van der Waals surface area (Å²) in [5, 5.41) is 8.73. The predicted octanol–water partition coefficient (Wildman–Crippen LogP) is 3.06. The minimum atomic E-state index is 0.400. The third kappa shape index (κ3) is 2.93. The van der Waals surface area contributed by atoms with Gasteiger partial charge in [-0.3, -0.25) is 0 Å². The quantitative estimate of drug-likeness (QED) is 0.829. The van der Waals surface area contributed by atoms with Crippen LogP contribution in [0.1, 0.15) is 30.9 Å². The van der Waals surface area contributed by atoms with E-state index in [1.807, 2.05) is 6.07 Å². The maximum absolute atomic E-state index is 8.73. The largest absolute Gasteiger partial charge is 0.496 e. The van der Waals surface area contributed by atoms with Crippen molar-refractivity contribution in [3.05, 3.63) is 27.7 Å². The molecule has 1 aromatic carbocycles. The molecule has 3 nitrogen and oxygen atoms in total. The topological polar surface area (TPSA) is 41.5 Å². The number of halogens is 1. The van der Waals surface area contributed by atoms with Crippen molar-refractivity contribution >= 4 is 15.9 Å². The molecule has 0 aromatic heterocycles. The highest BCUT2D eigenvalue weighted by atomic mass is 79.9. The fourth-order valence-electron chi connectivity index (χ4n) is 1.37. The van der Waals surface area contributed by atoms with Gasteiger partial charge in [-0.2, -0.15) is 0 Å². The van der Waals surface area contributed by atoms with E-state index in [-0.39, 0.29) is 0 Å². The Hall–Kier alpha value is -0.580. The molecule has 1 rings (SSSR count). The summed E-state index contributed by atoms with van der Waals surface area (Å²) in [6.45, 7) is 4.65. The zero-order valence-electron chi connectivity index (χ0n) is 9.17. The lowest BCUT2D eigenvalue weighted by Gasteiger charge is -2.13. The first kappa shape index (κ1) is 12.5. The van der Waals surface area contributed by atoms with Crippen LogP contribution in [0, 0.1) is 0 Å². The molecule has 4 heteroatoms. The van der Waals surface area contributed by atoms with Gasteiger partial charge in [0.2, 0.25) is 0 Å². The van der Waals surface area contributed by atoms with E-state index in [0.717, 1.165) is 15.8 Å². The van der Waals surface area contributed by atoms with Gasteiger partial charge in [0, 0.05) is 6.54 Å². The van der Waals surface area contributed by atoms with Gasteiger partial charge in [-0.25, -0.2) is 5.48 Å². The number of rotatable bonds is 4. The summed E-state index contributed by atoms with van der Waals surface area (Å²) in [4.78, 5) is 0. The number of hydrogen-bond donors (Lipinski definition) is 2. The Morgan fingerprint density at radius 1 is 1.47 bits per heavy atom. The Morgan fingerprint density at radius 2 is 2.13 bits per heavy atom. The second kappa shape index (κ2) is 5.49. The first-order valence-electron chi connectivity index (χ1n) is 4.83. The van der Waals surface area contributed by atoms with Gasteiger partial charge in [-0.05, 0) is 39.0 Å². The van der Waals surface area contributed by atoms with Crippen molar-refractivity contribution in [2.75, 3.05) is 7.11 Å². The smallest absolute Gasteiger partial charge is 0.133 e. The van der Waals surface area contributed by atoms with Crippen LogP contribution in [0.4, 0.5) is 0 Å². The molecule has 0 heterocycles. The van der Waals surface area contributed by atoms with E-state index < -0.39 is 0 Å². The Labute approximate surface area is 98.5 Å². The van der Waals surface area contributed by atoms with Gasteiger partial charge in [-0.15, -0.1) is 0 Å². The number of nitrogens with one attached hydrogen (secondary N) is 1. The maximum Gasteiger partial charge on any atom is 0.133 e. The minimum absolute atomic E-state index is 0.400. The molecule has 84 valence electrons. The first-order chi connectivity index (χ1) is 7.10. The highest BCUT2D eigenvalue weighted by Crippen LogP contribution is 2.32. The Morgan fingerprint density at radius 3 is 2.60 bits per heavy atom. The molecule has 0 aliphatic rings. The van der Waals surface area contributed by atoms with Crippen LogP contribution < -0.4 is 10.2 Å². The number of hydroxylamine groups is 1. The van der Waals surface area contributed by atoms with E-state index in [2.05, 4.69) is 41.3 Å². The average molecular weight is 274 g/mol. The number of benzene rings is 1. The molecule has 15 heavy (non-hydrogen) atoms. The number of methoxy groups -OCH3 is 1. The summed E-state index contributed by atoms with van der Waals surface area (Å²) >= 11 is 3.45. The summed E-state index contributed by atoms with van der Waals surface area (Å²) < 4.78 is 6.15. The van der Waals surface area contributed by atoms with Gasteiger partial charge in [0.05, 0.1) is 11.6 Å². The molecule has 0 radical (unpaired) electrons. The molecule has 0 saturated carbocycles. The molecular weight excluding hydrogens is 258 g/mol. The van der Waals surface area contributed by atoms with Crippen LogP contribution in [0.25, 0.3) is 0 Å². The second-order valence-corrected chi connectivity index (χ2v) is 4.48. The molecule has 0 saturated heterocycles. The lowest BCUT2D eigenvalue weighted by molar-refractivity contribution is 0.161. The van der Waals surface area contributed by atoms with E-state index in [0.29, 0.717) is 12.5 Å². The van der Waals surface area contributed by atoms with Crippen LogP contribution in [0.3, 0.4) is 0 Å². The monoisotopic (exact) mass is 273 g/mol. The van der Waals surface area contributed by atoms with Gasteiger partial charge in [0.1, 0.15) is 5.75 Å². The molecule has 0 unspecified atom stereocenters. The summed E-state index contributed by atoms with van der Waals surface area (Å²) in [6, 6.07) is 4.07. The zero-order valence-corrected chi connectivity index (χ0v) is 10.8. The predicted molar refractivity (Wildman–Crippen MR) is 63.4 cm³/mol. The molecule has 0 amide bonds. The van der Waals surface area contributed by atoms with Crippen LogP contribution >= 0.6 is 15.9 Å². The van der Waals surface area contributed by atoms with Crippen molar-refractivity contribution in [2.45, 2.75) is 26.3 Å². The van der Waals surface area contributed by atoms with Crippen LogP contribution in [-0.4, -0.2) is 12.3 Å². The molecule has 0 aliphatic carbocycles. The zero-order chi connectivity index (χ0) is 11.4. The third-order valence-corrected chi connectivity index (χ3v) is 3.19.